The number of carbonyl (C=O) groups is 2. The van der Waals surface area contributed by atoms with E-state index in [0.29, 0.717) is 13.1 Å². The highest BCUT2D eigenvalue weighted by atomic mass is 16.6. The van der Waals surface area contributed by atoms with E-state index in [2.05, 4.69) is 10.2 Å². The van der Waals surface area contributed by atoms with Crippen molar-refractivity contribution in [1.29, 1.82) is 0 Å². The van der Waals surface area contributed by atoms with Crippen LogP contribution in [-0.2, 0) is 20.9 Å². The Morgan fingerprint density at radius 1 is 1.43 bits per heavy atom. The molecule has 1 aliphatic heterocycles. The second-order valence-corrected chi connectivity index (χ2v) is 6.76. The van der Waals surface area contributed by atoms with Gasteiger partial charge in [0.25, 0.3) is 0 Å². The number of nitrogens with one attached hydrogen (secondary N) is 1. The molecule has 0 saturated carbocycles. The zero-order valence-electron chi connectivity index (χ0n) is 14.6. The van der Waals surface area contributed by atoms with Gasteiger partial charge in [-0.15, -0.1) is 0 Å². The van der Waals surface area contributed by atoms with Gasteiger partial charge < -0.3 is 10.1 Å². The van der Waals surface area contributed by atoms with Crippen molar-refractivity contribution in [3.63, 3.8) is 0 Å². The fourth-order valence-corrected chi connectivity index (χ4v) is 3.06. The van der Waals surface area contributed by atoms with Crippen LogP contribution in [-0.4, -0.2) is 35.5 Å². The van der Waals surface area contributed by atoms with Crippen molar-refractivity contribution in [3.8, 4) is 0 Å². The minimum Gasteiger partial charge on any atom is -0.457 e. The average molecular weight is 318 g/mol. The van der Waals surface area contributed by atoms with E-state index >= 15 is 0 Å². The summed E-state index contributed by atoms with van der Waals surface area (Å²) in [4.78, 5) is 26.0. The largest absolute Gasteiger partial charge is 0.457 e. The monoisotopic (exact) mass is 318 g/mol. The topological polar surface area (TPSA) is 58.6 Å². The van der Waals surface area contributed by atoms with Gasteiger partial charge >= 0.3 is 5.97 Å². The van der Waals surface area contributed by atoms with Crippen molar-refractivity contribution in [2.45, 2.75) is 52.8 Å². The third-order valence-corrected chi connectivity index (χ3v) is 4.08. The average Bonchev–Trinajstić information content (AvgIpc) is 2.44. The Morgan fingerprint density at radius 3 is 2.74 bits per heavy atom. The van der Waals surface area contributed by atoms with Crippen LogP contribution in [0.25, 0.3) is 0 Å². The van der Waals surface area contributed by atoms with Gasteiger partial charge in [-0.05, 0) is 38.4 Å². The van der Waals surface area contributed by atoms with Gasteiger partial charge in [-0.25, -0.2) is 4.79 Å². The van der Waals surface area contributed by atoms with Crippen LogP contribution in [0, 0.1) is 6.92 Å². The van der Waals surface area contributed by atoms with Crippen LogP contribution in [0.15, 0.2) is 18.2 Å². The summed E-state index contributed by atoms with van der Waals surface area (Å²) >= 11 is 0. The number of nitrogens with zero attached hydrogens (tertiary/aromatic N) is 1. The predicted molar refractivity (Wildman–Crippen MR) is 88.9 cm³/mol. The number of cyclic esters (lactones) is 1. The molecule has 1 aromatic carbocycles. The van der Waals surface area contributed by atoms with Crippen LogP contribution < -0.4 is 5.32 Å². The van der Waals surface area contributed by atoms with E-state index < -0.39 is 11.6 Å². The Hall–Kier alpha value is -1.88. The summed E-state index contributed by atoms with van der Waals surface area (Å²) in [5, 5.41) is 2.82. The smallest absolute Gasteiger partial charge is 0.328 e. The molecule has 1 saturated heterocycles. The fraction of sp³-hybridized carbons (Fsp3) is 0.556. The van der Waals surface area contributed by atoms with E-state index in [1.165, 1.54) is 6.92 Å². The van der Waals surface area contributed by atoms with Crippen LogP contribution in [0.4, 0.5) is 0 Å². The highest BCUT2D eigenvalue weighted by Gasteiger charge is 2.41. The highest BCUT2D eigenvalue weighted by molar-refractivity contribution is 5.80. The number of likely N-dealkylation sites (N-methyl/N-ethyl adjacent to an activating group) is 1. The van der Waals surface area contributed by atoms with Crippen LogP contribution in [0.1, 0.15) is 50.4 Å². The molecule has 23 heavy (non-hydrogen) atoms. The van der Waals surface area contributed by atoms with Gasteiger partial charge in [0.15, 0.2) is 0 Å². The van der Waals surface area contributed by atoms with Crippen molar-refractivity contribution < 1.29 is 14.3 Å². The van der Waals surface area contributed by atoms with Crippen LogP contribution in [0.5, 0.6) is 0 Å². The first kappa shape index (κ1) is 17.5. The summed E-state index contributed by atoms with van der Waals surface area (Å²) in [6.07, 6.45) is 0. The third kappa shape index (κ3) is 4.10. The first-order chi connectivity index (χ1) is 10.7. The van der Waals surface area contributed by atoms with E-state index in [0.717, 1.165) is 23.2 Å². The third-order valence-electron chi connectivity index (χ3n) is 4.08. The highest BCUT2D eigenvalue weighted by Crippen LogP contribution is 2.33. The first-order valence-corrected chi connectivity index (χ1v) is 8.04. The zero-order valence-corrected chi connectivity index (χ0v) is 14.6. The van der Waals surface area contributed by atoms with E-state index in [-0.39, 0.29) is 11.9 Å². The maximum atomic E-state index is 12.6. The second kappa shape index (κ2) is 6.71. The van der Waals surface area contributed by atoms with Crippen molar-refractivity contribution in [2.75, 3.05) is 13.1 Å². The molecule has 126 valence electrons. The summed E-state index contributed by atoms with van der Waals surface area (Å²) < 4.78 is 5.63. The molecule has 1 aliphatic rings. The molecular weight excluding hydrogens is 292 g/mol. The van der Waals surface area contributed by atoms with Crippen molar-refractivity contribution >= 4 is 11.9 Å². The van der Waals surface area contributed by atoms with E-state index in [1.54, 1.807) is 0 Å². The zero-order chi connectivity index (χ0) is 17.2. The second-order valence-electron chi connectivity index (χ2n) is 6.76. The Morgan fingerprint density at radius 2 is 2.13 bits per heavy atom. The molecule has 1 atom stereocenters. The molecule has 0 radical (unpaired) electrons. The molecule has 5 nitrogen and oxygen atoms in total. The number of benzene rings is 1. The lowest BCUT2D eigenvalue weighted by Gasteiger charge is -2.42. The van der Waals surface area contributed by atoms with Gasteiger partial charge in [-0.3, -0.25) is 9.69 Å². The number of ether oxygens (including phenoxy) is 1. The van der Waals surface area contributed by atoms with E-state index in [4.69, 9.17) is 4.74 Å². The van der Waals surface area contributed by atoms with E-state index in [9.17, 15) is 9.59 Å². The van der Waals surface area contributed by atoms with Gasteiger partial charge in [0, 0.05) is 20.0 Å². The number of hydrogen-bond donors (Lipinski definition) is 1. The lowest BCUT2D eigenvalue weighted by Crippen LogP contribution is -2.52. The van der Waals surface area contributed by atoms with Crippen LogP contribution >= 0.6 is 0 Å². The van der Waals surface area contributed by atoms with Crippen molar-refractivity contribution in [3.05, 3.63) is 34.9 Å². The number of amides is 1. The fourth-order valence-electron chi connectivity index (χ4n) is 3.06. The molecule has 1 aromatic rings. The maximum Gasteiger partial charge on any atom is 0.328 e. The predicted octanol–water partition coefficient (Wildman–Crippen LogP) is 2.33. The summed E-state index contributed by atoms with van der Waals surface area (Å²) in [5.74, 6) is -0.311. The quantitative estimate of drug-likeness (QED) is 0.866. The molecule has 1 amide bonds. The van der Waals surface area contributed by atoms with Crippen LogP contribution in [0.2, 0.25) is 0 Å². The van der Waals surface area contributed by atoms with Crippen molar-refractivity contribution in [1.82, 2.24) is 10.2 Å². The molecule has 0 aromatic heterocycles. The van der Waals surface area contributed by atoms with E-state index in [1.807, 2.05) is 45.9 Å². The molecular formula is C18H26N2O3. The van der Waals surface area contributed by atoms with Gasteiger partial charge in [0.1, 0.15) is 11.6 Å². The summed E-state index contributed by atoms with van der Waals surface area (Å²) in [5.41, 5.74) is 2.47. The standard InChI is InChI=1S/C18H26N2O3/c1-6-20-11-18(4,5)23-17(22)16(20)15-9-12(2)7-8-14(15)10-19-13(3)21/h7-9,16H,6,10-11H2,1-5H3,(H,19,21). The minimum absolute atomic E-state index is 0.0868. The number of carbonyl (C=O) groups excluding carboxylic acids is 2. The molecule has 2 rings (SSSR count). The Balaban J connectivity index is 2.40. The molecule has 0 spiro atoms. The number of morpholine rings is 1. The first-order valence-electron chi connectivity index (χ1n) is 8.04. The Bertz CT molecular complexity index is 610. The lowest BCUT2D eigenvalue weighted by molar-refractivity contribution is -0.178. The minimum atomic E-state index is -0.481. The SMILES string of the molecule is CCN1CC(C)(C)OC(=O)C1c1cc(C)ccc1CNC(C)=O. The maximum absolute atomic E-state index is 12.6. The van der Waals surface area contributed by atoms with Gasteiger partial charge in [0.05, 0.1) is 0 Å². The molecule has 5 heteroatoms. The summed E-state index contributed by atoms with van der Waals surface area (Å²) in [7, 11) is 0. The van der Waals surface area contributed by atoms with Crippen LogP contribution in [0.3, 0.4) is 0 Å². The Kier molecular flexibility index (Phi) is 5.09. The summed E-state index contributed by atoms with van der Waals surface area (Å²) in [6.45, 7) is 11.3. The number of esters is 1. The molecule has 0 aliphatic carbocycles. The number of hydrogen-bond acceptors (Lipinski definition) is 4. The molecule has 1 fully saturated rings. The normalized spacial score (nSPS) is 20.9. The molecule has 1 unspecified atom stereocenters. The molecule has 1 heterocycles. The van der Waals surface area contributed by atoms with Gasteiger partial charge in [-0.1, -0.05) is 30.7 Å². The molecule has 0 bridgehead atoms. The number of rotatable bonds is 4. The lowest BCUT2D eigenvalue weighted by atomic mass is 9.93. The molecule has 1 N–H and O–H groups in total. The summed E-state index contributed by atoms with van der Waals surface area (Å²) in [6, 6.07) is 5.57. The van der Waals surface area contributed by atoms with Gasteiger partial charge in [0.2, 0.25) is 5.91 Å². The number of aryl methyl sites for hydroxylation is 1. The van der Waals surface area contributed by atoms with Gasteiger partial charge in [-0.2, -0.15) is 0 Å². The Labute approximate surface area is 138 Å². The van der Waals surface area contributed by atoms with Crippen molar-refractivity contribution in [2.24, 2.45) is 0 Å².